The number of pyridine rings is 2. The molecule has 5 aromatic rings. The van der Waals surface area contributed by atoms with Crippen LogP contribution in [-0.4, -0.2) is 9.38 Å². The molecule has 3 aromatic heterocycles. The minimum atomic E-state index is 1.09. The summed E-state index contributed by atoms with van der Waals surface area (Å²) < 4.78 is 4.67. The summed E-state index contributed by atoms with van der Waals surface area (Å²) in [5.41, 5.74) is 8.50. The number of aryl methyl sites for hydroxylation is 3. The highest BCUT2D eigenvalue weighted by Crippen LogP contribution is 2.33. The number of hydrogen-bond donors (Lipinski definition) is 0. The number of nitrogens with zero attached hydrogens (tertiary/aromatic N) is 3. The lowest BCUT2D eigenvalue weighted by Gasteiger charge is -2.08. The van der Waals surface area contributed by atoms with E-state index in [0.29, 0.717) is 0 Å². The van der Waals surface area contributed by atoms with E-state index in [1.807, 2.05) is 6.20 Å². The van der Waals surface area contributed by atoms with E-state index < -0.39 is 0 Å². The van der Waals surface area contributed by atoms with E-state index in [0.717, 1.165) is 5.52 Å². The maximum atomic E-state index is 4.77. The standard InChI is InChI=1S/C21H18N3/c1-13-7-6-10-17-18(13)20-19(14(2)11-12-22-20)21-23(3)15-8-4-5-9-16(15)24(17)21/h4-12H,1-3H3/q+1. The zero-order valence-corrected chi connectivity index (χ0v) is 14.0. The maximum Gasteiger partial charge on any atom is 0.297 e. The summed E-state index contributed by atoms with van der Waals surface area (Å²) in [6.45, 7) is 4.34. The first-order valence-electron chi connectivity index (χ1n) is 8.24. The average Bonchev–Trinajstić information content (AvgIpc) is 2.89. The molecule has 2 aromatic carbocycles. The van der Waals surface area contributed by atoms with Crippen LogP contribution in [0.25, 0.3) is 38.5 Å². The molecule has 116 valence electrons. The summed E-state index contributed by atoms with van der Waals surface area (Å²) in [6, 6.07) is 17.2. The van der Waals surface area contributed by atoms with Crippen LogP contribution in [0.4, 0.5) is 0 Å². The molecule has 0 saturated heterocycles. The van der Waals surface area contributed by atoms with Crippen LogP contribution in [0, 0.1) is 13.8 Å². The van der Waals surface area contributed by atoms with Gasteiger partial charge in [0.1, 0.15) is 5.52 Å². The smallest absolute Gasteiger partial charge is 0.255 e. The summed E-state index contributed by atoms with van der Waals surface area (Å²) in [7, 11) is 2.14. The maximum absolute atomic E-state index is 4.77. The van der Waals surface area contributed by atoms with Gasteiger partial charge in [0.05, 0.1) is 23.3 Å². The lowest BCUT2D eigenvalue weighted by Crippen LogP contribution is -2.27. The van der Waals surface area contributed by atoms with Crippen LogP contribution in [0.5, 0.6) is 0 Å². The van der Waals surface area contributed by atoms with Crippen molar-refractivity contribution in [3.05, 3.63) is 65.9 Å². The van der Waals surface area contributed by atoms with Gasteiger partial charge in [0.2, 0.25) is 0 Å². The third-order valence-electron chi connectivity index (χ3n) is 5.12. The monoisotopic (exact) mass is 312 g/mol. The molecular weight excluding hydrogens is 294 g/mol. The average molecular weight is 312 g/mol. The fraction of sp³-hybridized carbons (Fsp3) is 0.143. The molecule has 0 atom stereocenters. The first-order chi connectivity index (χ1) is 11.7. The van der Waals surface area contributed by atoms with Gasteiger partial charge in [-0.2, -0.15) is 4.40 Å². The van der Waals surface area contributed by atoms with Crippen molar-refractivity contribution in [1.82, 2.24) is 9.38 Å². The minimum Gasteiger partial charge on any atom is -0.255 e. The topological polar surface area (TPSA) is 21.2 Å². The van der Waals surface area contributed by atoms with Crippen LogP contribution in [0.1, 0.15) is 11.1 Å². The fourth-order valence-electron chi connectivity index (χ4n) is 4.02. The van der Waals surface area contributed by atoms with Gasteiger partial charge in [-0.3, -0.25) is 4.98 Å². The molecule has 0 saturated carbocycles. The molecule has 3 heteroatoms. The Morgan fingerprint density at radius 3 is 2.46 bits per heavy atom. The van der Waals surface area contributed by atoms with Crippen molar-refractivity contribution in [2.24, 2.45) is 7.05 Å². The molecule has 3 heterocycles. The largest absolute Gasteiger partial charge is 0.297 e. The first kappa shape index (κ1) is 13.5. The molecule has 0 aliphatic heterocycles. The van der Waals surface area contributed by atoms with Crippen LogP contribution in [-0.2, 0) is 7.05 Å². The number of para-hydroxylation sites is 2. The predicted octanol–water partition coefficient (Wildman–Crippen LogP) is 4.24. The van der Waals surface area contributed by atoms with Gasteiger partial charge in [-0.1, -0.05) is 24.3 Å². The normalized spacial score (nSPS) is 12.0. The van der Waals surface area contributed by atoms with Crippen molar-refractivity contribution in [2.75, 3.05) is 0 Å². The molecule has 0 aliphatic rings. The number of benzene rings is 2. The van der Waals surface area contributed by atoms with E-state index in [2.05, 4.69) is 78.4 Å². The molecule has 0 radical (unpaired) electrons. The van der Waals surface area contributed by atoms with E-state index >= 15 is 0 Å². The van der Waals surface area contributed by atoms with Gasteiger partial charge in [0.15, 0.2) is 11.0 Å². The Labute approximate surface area is 139 Å². The van der Waals surface area contributed by atoms with E-state index in [-0.39, 0.29) is 0 Å². The molecular formula is C21H18N3+. The van der Waals surface area contributed by atoms with Crippen molar-refractivity contribution in [1.29, 1.82) is 0 Å². The second kappa shape index (κ2) is 4.54. The second-order valence-corrected chi connectivity index (χ2v) is 6.53. The predicted molar refractivity (Wildman–Crippen MR) is 98.4 cm³/mol. The zero-order valence-electron chi connectivity index (χ0n) is 14.0. The highest BCUT2D eigenvalue weighted by molar-refractivity contribution is 6.12. The molecule has 0 spiro atoms. The SMILES string of the molecule is Cc1cccc2c1c1nccc(C)c1c1n2c2ccccc2[n+]1C. The molecule has 3 nitrogen and oxygen atoms in total. The third kappa shape index (κ3) is 1.51. The van der Waals surface area contributed by atoms with Crippen LogP contribution in [0.3, 0.4) is 0 Å². The van der Waals surface area contributed by atoms with Gasteiger partial charge >= 0.3 is 0 Å². The van der Waals surface area contributed by atoms with Crippen molar-refractivity contribution in [2.45, 2.75) is 13.8 Å². The molecule has 24 heavy (non-hydrogen) atoms. The third-order valence-corrected chi connectivity index (χ3v) is 5.12. The number of imidazole rings is 1. The lowest BCUT2D eigenvalue weighted by atomic mass is 10.0. The van der Waals surface area contributed by atoms with Crippen molar-refractivity contribution in [3.63, 3.8) is 0 Å². The van der Waals surface area contributed by atoms with Gasteiger partial charge < -0.3 is 0 Å². The van der Waals surface area contributed by atoms with E-state index in [4.69, 9.17) is 4.98 Å². The molecule has 0 N–H and O–H groups in total. The number of hydrogen-bond acceptors (Lipinski definition) is 1. The highest BCUT2D eigenvalue weighted by Gasteiger charge is 2.24. The quantitative estimate of drug-likeness (QED) is 0.309. The Bertz CT molecular complexity index is 1280. The van der Waals surface area contributed by atoms with Crippen LogP contribution >= 0.6 is 0 Å². The van der Waals surface area contributed by atoms with Gasteiger partial charge in [-0.15, -0.1) is 0 Å². The van der Waals surface area contributed by atoms with Crippen molar-refractivity contribution >= 4 is 38.5 Å². The number of rotatable bonds is 0. The Kier molecular flexibility index (Phi) is 2.55. The Hall–Kier alpha value is -2.94. The van der Waals surface area contributed by atoms with Crippen LogP contribution in [0.15, 0.2) is 54.7 Å². The molecule has 0 unspecified atom stereocenters. The summed E-state index contributed by atoms with van der Waals surface area (Å²) in [6.07, 6.45) is 1.92. The van der Waals surface area contributed by atoms with E-state index in [9.17, 15) is 0 Å². The Balaban J connectivity index is 2.31. The summed E-state index contributed by atoms with van der Waals surface area (Å²) in [4.78, 5) is 4.77. The lowest BCUT2D eigenvalue weighted by molar-refractivity contribution is -0.617. The van der Waals surface area contributed by atoms with Gasteiger partial charge in [-0.25, -0.2) is 4.57 Å². The van der Waals surface area contributed by atoms with Crippen LogP contribution in [0.2, 0.25) is 0 Å². The number of fused-ring (bicyclic) bond motifs is 8. The minimum absolute atomic E-state index is 1.09. The summed E-state index contributed by atoms with van der Waals surface area (Å²) >= 11 is 0. The molecule has 5 rings (SSSR count). The second-order valence-electron chi connectivity index (χ2n) is 6.53. The van der Waals surface area contributed by atoms with E-state index in [1.165, 1.54) is 44.1 Å². The van der Waals surface area contributed by atoms with Crippen molar-refractivity contribution in [3.8, 4) is 0 Å². The summed E-state index contributed by atoms with van der Waals surface area (Å²) in [5.74, 6) is 0. The van der Waals surface area contributed by atoms with Gasteiger partial charge in [0.25, 0.3) is 5.65 Å². The summed E-state index contributed by atoms with van der Waals surface area (Å²) in [5, 5.41) is 2.48. The molecule has 0 bridgehead atoms. The van der Waals surface area contributed by atoms with Crippen molar-refractivity contribution < 1.29 is 4.57 Å². The zero-order chi connectivity index (χ0) is 16.4. The molecule has 0 fully saturated rings. The molecule has 0 amide bonds. The number of aromatic nitrogens is 3. The molecule has 0 aliphatic carbocycles. The highest BCUT2D eigenvalue weighted by atomic mass is 15.1. The Morgan fingerprint density at radius 2 is 1.58 bits per heavy atom. The first-order valence-corrected chi connectivity index (χ1v) is 8.24. The fourth-order valence-corrected chi connectivity index (χ4v) is 4.02. The van der Waals surface area contributed by atoms with E-state index in [1.54, 1.807) is 0 Å². The van der Waals surface area contributed by atoms with Crippen LogP contribution < -0.4 is 4.57 Å². The van der Waals surface area contributed by atoms with Gasteiger partial charge in [-0.05, 0) is 49.2 Å². The van der Waals surface area contributed by atoms with Gasteiger partial charge in [0, 0.05) is 6.20 Å². The Morgan fingerprint density at radius 1 is 0.833 bits per heavy atom.